The van der Waals surface area contributed by atoms with Crippen molar-refractivity contribution in [2.24, 2.45) is 0 Å². The average Bonchev–Trinajstić information content (AvgIpc) is 2.77. The first kappa shape index (κ1) is 13.7. The fourth-order valence-electron chi connectivity index (χ4n) is 2.88. The average molecular weight is 284 g/mol. The summed E-state index contributed by atoms with van der Waals surface area (Å²) in [5.74, 6) is 0.0927. The molecule has 0 spiro atoms. The zero-order chi connectivity index (χ0) is 15.0. The molecule has 0 atom stereocenters. The van der Waals surface area contributed by atoms with Crippen LogP contribution in [0, 0.1) is 13.8 Å². The molecule has 1 aliphatic heterocycles. The third-order valence-corrected chi connectivity index (χ3v) is 4.05. The second kappa shape index (κ2) is 5.24. The smallest absolute Gasteiger partial charge is 0.244 e. The summed E-state index contributed by atoms with van der Waals surface area (Å²) in [4.78, 5) is 14.3. The molecule has 0 unspecified atom stereocenters. The number of rotatable bonds is 2. The van der Waals surface area contributed by atoms with E-state index in [2.05, 4.69) is 11.2 Å². The molecule has 0 aliphatic carbocycles. The van der Waals surface area contributed by atoms with Crippen LogP contribution in [0.4, 0.5) is 5.69 Å². The molecule has 2 heterocycles. The normalized spacial score (nSPS) is 14.1. The number of benzene rings is 1. The maximum Gasteiger partial charge on any atom is 0.244 e. The van der Waals surface area contributed by atoms with Gasteiger partial charge in [-0.1, -0.05) is 12.1 Å². The van der Waals surface area contributed by atoms with Crippen LogP contribution in [-0.2, 0) is 24.3 Å². The van der Waals surface area contributed by atoms with Crippen molar-refractivity contribution in [1.82, 2.24) is 14.7 Å². The molecule has 0 fully saturated rings. The molecule has 0 bridgehead atoms. The number of nitrogen functional groups attached to an aromatic ring is 1. The van der Waals surface area contributed by atoms with Gasteiger partial charge in [0.2, 0.25) is 5.91 Å². The van der Waals surface area contributed by atoms with E-state index in [0.29, 0.717) is 13.1 Å². The van der Waals surface area contributed by atoms with Crippen molar-refractivity contribution in [3.63, 3.8) is 0 Å². The summed E-state index contributed by atoms with van der Waals surface area (Å²) in [6, 6.07) is 7.95. The van der Waals surface area contributed by atoms with Crippen LogP contribution in [0.2, 0.25) is 0 Å². The van der Waals surface area contributed by atoms with Gasteiger partial charge in [0.1, 0.15) is 6.54 Å². The van der Waals surface area contributed by atoms with E-state index in [9.17, 15) is 4.79 Å². The molecule has 21 heavy (non-hydrogen) atoms. The molecule has 0 saturated heterocycles. The zero-order valence-electron chi connectivity index (χ0n) is 12.5. The monoisotopic (exact) mass is 284 g/mol. The van der Waals surface area contributed by atoms with Crippen molar-refractivity contribution in [2.45, 2.75) is 33.4 Å². The van der Waals surface area contributed by atoms with E-state index in [0.717, 1.165) is 35.6 Å². The summed E-state index contributed by atoms with van der Waals surface area (Å²) >= 11 is 0. The molecule has 5 nitrogen and oxygen atoms in total. The fraction of sp³-hybridized carbons (Fsp3) is 0.375. The first-order chi connectivity index (χ1) is 10.0. The van der Waals surface area contributed by atoms with Crippen molar-refractivity contribution < 1.29 is 4.79 Å². The van der Waals surface area contributed by atoms with Gasteiger partial charge in [0.15, 0.2) is 0 Å². The van der Waals surface area contributed by atoms with Gasteiger partial charge in [0.25, 0.3) is 0 Å². The van der Waals surface area contributed by atoms with Gasteiger partial charge in [-0.05, 0) is 43.5 Å². The highest BCUT2D eigenvalue weighted by Crippen LogP contribution is 2.24. The standard InChI is InChI=1S/C16H20N4O/c1-11-8-12(2)20(18-11)10-16(21)19-7-6-13-4-3-5-15(17)14(13)9-19/h3-5,8H,6-7,9-10,17H2,1-2H3. The fourth-order valence-corrected chi connectivity index (χ4v) is 2.88. The second-order valence-electron chi connectivity index (χ2n) is 5.63. The number of aromatic nitrogens is 2. The summed E-state index contributed by atoms with van der Waals surface area (Å²) in [6.07, 6.45) is 0.864. The molecule has 1 aromatic heterocycles. The number of carbonyl (C=O) groups is 1. The quantitative estimate of drug-likeness (QED) is 0.853. The summed E-state index contributed by atoms with van der Waals surface area (Å²) in [5, 5.41) is 4.35. The summed E-state index contributed by atoms with van der Waals surface area (Å²) in [7, 11) is 0. The van der Waals surface area contributed by atoms with Crippen molar-refractivity contribution >= 4 is 11.6 Å². The lowest BCUT2D eigenvalue weighted by Gasteiger charge is -2.29. The first-order valence-electron chi connectivity index (χ1n) is 7.19. The molecular formula is C16H20N4O. The Morgan fingerprint density at radius 3 is 2.90 bits per heavy atom. The Kier molecular flexibility index (Phi) is 3.41. The summed E-state index contributed by atoms with van der Waals surface area (Å²) < 4.78 is 1.77. The van der Waals surface area contributed by atoms with E-state index in [4.69, 9.17) is 5.73 Å². The molecule has 0 saturated carbocycles. The van der Waals surface area contributed by atoms with Crippen LogP contribution in [0.5, 0.6) is 0 Å². The van der Waals surface area contributed by atoms with Crippen LogP contribution in [-0.4, -0.2) is 27.1 Å². The predicted octanol–water partition coefficient (Wildman–Crippen LogP) is 1.67. The largest absolute Gasteiger partial charge is 0.398 e. The molecule has 1 aromatic carbocycles. The molecule has 1 amide bonds. The Labute approximate surface area is 124 Å². The summed E-state index contributed by atoms with van der Waals surface area (Å²) in [6.45, 7) is 5.54. The van der Waals surface area contributed by atoms with Gasteiger partial charge < -0.3 is 10.6 Å². The number of fused-ring (bicyclic) bond motifs is 1. The van der Waals surface area contributed by atoms with Crippen molar-refractivity contribution in [2.75, 3.05) is 12.3 Å². The number of hydrogen-bond acceptors (Lipinski definition) is 3. The molecule has 3 rings (SSSR count). The number of nitrogens with two attached hydrogens (primary N) is 1. The van der Waals surface area contributed by atoms with Crippen LogP contribution in [0.3, 0.4) is 0 Å². The van der Waals surface area contributed by atoms with Crippen LogP contribution in [0.15, 0.2) is 24.3 Å². The van der Waals surface area contributed by atoms with Crippen molar-refractivity contribution in [1.29, 1.82) is 0 Å². The highest BCUT2D eigenvalue weighted by atomic mass is 16.2. The van der Waals surface area contributed by atoms with E-state index < -0.39 is 0 Å². The van der Waals surface area contributed by atoms with Gasteiger partial charge in [0.05, 0.1) is 5.69 Å². The minimum Gasteiger partial charge on any atom is -0.398 e. The number of amides is 1. The lowest BCUT2D eigenvalue weighted by atomic mass is 9.98. The Hall–Kier alpha value is -2.30. The van der Waals surface area contributed by atoms with Gasteiger partial charge in [-0.25, -0.2) is 0 Å². The van der Waals surface area contributed by atoms with Gasteiger partial charge >= 0.3 is 0 Å². The Morgan fingerprint density at radius 1 is 1.38 bits per heavy atom. The zero-order valence-corrected chi connectivity index (χ0v) is 12.5. The Balaban J connectivity index is 1.75. The first-order valence-corrected chi connectivity index (χ1v) is 7.19. The van der Waals surface area contributed by atoms with Crippen molar-refractivity contribution in [3.8, 4) is 0 Å². The highest BCUT2D eigenvalue weighted by molar-refractivity contribution is 5.76. The van der Waals surface area contributed by atoms with Gasteiger partial charge in [-0.15, -0.1) is 0 Å². The minimum absolute atomic E-state index is 0.0927. The van der Waals surface area contributed by atoms with Gasteiger partial charge in [-0.3, -0.25) is 9.48 Å². The maximum atomic E-state index is 12.5. The highest BCUT2D eigenvalue weighted by Gasteiger charge is 2.22. The Morgan fingerprint density at radius 2 is 2.19 bits per heavy atom. The molecule has 2 aromatic rings. The maximum absolute atomic E-state index is 12.5. The van der Waals surface area contributed by atoms with E-state index in [1.54, 1.807) is 4.68 Å². The van der Waals surface area contributed by atoms with Crippen molar-refractivity contribution in [3.05, 3.63) is 46.8 Å². The predicted molar refractivity (Wildman–Crippen MR) is 81.7 cm³/mol. The topological polar surface area (TPSA) is 64.2 Å². The second-order valence-corrected chi connectivity index (χ2v) is 5.63. The van der Waals surface area contributed by atoms with Crippen LogP contribution < -0.4 is 5.73 Å². The Bertz CT molecular complexity index is 690. The van der Waals surface area contributed by atoms with Crippen LogP contribution in [0.25, 0.3) is 0 Å². The number of hydrogen-bond donors (Lipinski definition) is 1. The SMILES string of the molecule is Cc1cc(C)n(CC(=O)N2CCc3cccc(N)c3C2)n1. The van der Waals surface area contributed by atoms with E-state index >= 15 is 0 Å². The molecule has 5 heteroatoms. The molecule has 2 N–H and O–H groups in total. The molecular weight excluding hydrogens is 264 g/mol. The third kappa shape index (κ3) is 2.63. The van der Waals surface area contributed by atoms with E-state index in [-0.39, 0.29) is 5.91 Å². The molecule has 0 radical (unpaired) electrons. The lowest BCUT2D eigenvalue weighted by Crippen LogP contribution is -2.38. The van der Waals surface area contributed by atoms with Gasteiger partial charge in [-0.2, -0.15) is 5.10 Å². The van der Waals surface area contributed by atoms with Gasteiger partial charge in [0, 0.05) is 24.5 Å². The third-order valence-electron chi connectivity index (χ3n) is 4.05. The number of nitrogens with zero attached hydrogens (tertiary/aromatic N) is 3. The summed E-state index contributed by atoms with van der Waals surface area (Å²) in [5.41, 5.74) is 11.1. The number of carbonyl (C=O) groups excluding carboxylic acids is 1. The van der Waals surface area contributed by atoms with E-state index in [1.807, 2.05) is 36.9 Å². The number of aryl methyl sites for hydroxylation is 2. The minimum atomic E-state index is 0.0927. The van der Waals surface area contributed by atoms with Crippen LogP contribution in [0.1, 0.15) is 22.5 Å². The lowest BCUT2D eigenvalue weighted by molar-refractivity contribution is -0.133. The number of anilines is 1. The van der Waals surface area contributed by atoms with E-state index in [1.165, 1.54) is 5.56 Å². The molecule has 110 valence electrons. The molecule has 1 aliphatic rings. The van der Waals surface area contributed by atoms with Crippen LogP contribution >= 0.6 is 0 Å².